The quantitative estimate of drug-likeness (QED) is 0.868. The summed E-state index contributed by atoms with van der Waals surface area (Å²) in [4.78, 5) is 26.9. The number of nitrogens with zero attached hydrogens (tertiary/aromatic N) is 1. The highest BCUT2D eigenvalue weighted by Gasteiger charge is 2.35. The predicted octanol–water partition coefficient (Wildman–Crippen LogP) is 2.60. The normalized spacial score (nSPS) is 18.7. The molecule has 0 saturated carbocycles. The minimum Gasteiger partial charge on any atom is -0.339 e. The summed E-state index contributed by atoms with van der Waals surface area (Å²) in [6.45, 7) is 4.46. The lowest BCUT2D eigenvalue weighted by atomic mass is 10.1. The molecule has 1 aromatic rings. The number of amides is 2. The first-order valence-electron chi connectivity index (χ1n) is 6.76. The van der Waals surface area contributed by atoms with Crippen LogP contribution in [0.1, 0.15) is 20.3 Å². The molecule has 2 rings (SSSR count). The number of benzene rings is 1. The molecule has 1 aliphatic rings. The first-order valence-corrected chi connectivity index (χ1v) is 7.98. The van der Waals surface area contributed by atoms with Crippen LogP contribution in [0, 0.1) is 5.92 Å². The number of carbonyl (C=O) groups excluding carboxylic acids is 2. The molecule has 0 aromatic heterocycles. The van der Waals surface area contributed by atoms with Crippen LogP contribution in [0.2, 0.25) is 0 Å². The van der Waals surface area contributed by atoms with Crippen molar-refractivity contribution in [3.63, 3.8) is 0 Å². The van der Waals surface area contributed by atoms with Crippen LogP contribution in [0.15, 0.2) is 29.2 Å². The van der Waals surface area contributed by atoms with Gasteiger partial charge in [0.2, 0.25) is 11.8 Å². The van der Waals surface area contributed by atoms with E-state index in [1.807, 2.05) is 44.4 Å². The molecule has 1 fully saturated rings. The van der Waals surface area contributed by atoms with Gasteiger partial charge in [-0.05, 0) is 32.2 Å². The number of para-hydroxylation sites is 1. The van der Waals surface area contributed by atoms with Crippen molar-refractivity contribution in [1.29, 1.82) is 0 Å². The number of nitrogens with one attached hydrogen (secondary N) is 1. The van der Waals surface area contributed by atoms with Gasteiger partial charge in [0.15, 0.2) is 0 Å². The highest BCUT2D eigenvalue weighted by atomic mass is 32.2. The van der Waals surface area contributed by atoms with Gasteiger partial charge in [-0.25, -0.2) is 0 Å². The standard InChI is InChI=1S/C15H20N2O2S/c1-10(2)17-9-11(8-14(17)18)15(19)16-12-6-4-5-7-13(12)20-3/h4-7,10-11H,8-9H2,1-3H3,(H,16,19)/t11-/m1/s1. The average molecular weight is 292 g/mol. The Kier molecular flexibility index (Phi) is 4.70. The molecular weight excluding hydrogens is 272 g/mol. The van der Waals surface area contributed by atoms with Crippen molar-refractivity contribution in [2.45, 2.75) is 31.2 Å². The van der Waals surface area contributed by atoms with Gasteiger partial charge in [-0.15, -0.1) is 11.8 Å². The number of thioether (sulfide) groups is 1. The maximum Gasteiger partial charge on any atom is 0.229 e. The molecule has 4 nitrogen and oxygen atoms in total. The topological polar surface area (TPSA) is 49.4 Å². The van der Waals surface area contributed by atoms with E-state index in [1.165, 1.54) is 0 Å². The molecule has 20 heavy (non-hydrogen) atoms. The summed E-state index contributed by atoms with van der Waals surface area (Å²) in [5, 5.41) is 2.94. The number of hydrogen-bond acceptors (Lipinski definition) is 3. The third-order valence-corrected chi connectivity index (χ3v) is 4.31. The molecule has 2 amide bonds. The van der Waals surface area contributed by atoms with Gasteiger partial charge in [0.1, 0.15) is 0 Å². The SMILES string of the molecule is CSc1ccccc1NC(=O)[C@@H]1CC(=O)N(C(C)C)C1. The molecule has 0 radical (unpaired) electrons. The van der Waals surface area contributed by atoms with Crippen LogP contribution in [-0.2, 0) is 9.59 Å². The molecule has 0 aliphatic carbocycles. The second-order valence-corrected chi connectivity index (χ2v) is 6.08. The number of hydrogen-bond donors (Lipinski definition) is 1. The van der Waals surface area contributed by atoms with Crippen molar-refractivity contribution >= 4 is 29.3 Å². The lowest BCUT2D eigenvalue weighted by molar-refractivity contribution is -0.129. The van der Waals surface area contributed by atoms with Gasteiger partial charge in [-0.3, -0.25) is 9.59 Å². The summed E-state index contributed by atoms with van der Waals surface area (Å²) >= 11 is 1.59. The Morgan fingerprint density at radius 2 is 2.10 bits per heavy atom. The molecule has 1 aliphatic heterocycles. The molecule has 0 unspecified atom stereocenters. The van der Waals surface area contributed by atoms with Crippen molar-refractivity contribution < 1.29 is 9.59 Å². The van der Waals surface area contributed by atoms with Crippen molar-refractivity contribution in [3.8, 4) is 0 Å². The smallest absolute Gasteiger partial charge is 0.229 e. The fourth-order valence-corrected chi connectivity index (χ4v) is 2.94. The monoisotopic (exact) mass is 292 g/mol. The van der Waals surface area contributed by atoms with Crippen LogP contribution in [0.5, 0.6) is 0 Å². The Morgan fingerprint density at radius 3 is 2.70 bits per heavy atom. The van der Waals surface area contributed by atoms with Crippen molar-refractivity contribution in [1.82, 2.24) is 4.90 Å². The fourth-order valence-electron chi connectivity index (χ4n) is 2.39. The first-order chi connectivity index (χ1) is 9.52. The summed E-state index contributed by atoms with van der Waals surface area (Å²) < 4.78 is 0. The molecular formula is C15H20N2O2S. The lowest BCUT2D eigenvalue weighted by Crippen LogP contribution is -2.33. The number of anilines is 1. The van der Waals surface area contributed by atoms with Gasteiger partial charge >= 0.3 is 0 Å². The summed E-state index contributed by atoms with van der Waals surface area (Å²) in [6.07, 6.45) is 2.29. The first kappa shape index (κ1) is 14.9. The zero-order valence-electron chi connectivity index (χ0n) is 12.1. The van der Waals surface area contributed by atoms with E-state index < -0.39 is 0 Å². The predicted molar refractivity (Wildman–Crippen MR) is 81.8 cm³/mol. The molecule has 0 spiro atoms. The van der Waals surface area contributed by atoms with Gasteiger partial charge in [0, 0.05) is 23.9 Å². The Hall–Kier alpha value is -1.49. The zero-order valence-corrected chi connectivity index (χ0v) is 12.9. The van der Waals surface area contributed by atoms with E-state index in [1.54, 1.807) is 16.7 Å². The van der Waals surface area contributed by atoms with Gasteiger partial charge in [0.25, 0.3) is 0 Å². The van der Waals surface area contributed by atoms with E-state index in [0.29, 0.717) is 13.0 Å². The van der Waals surface area contributed by atoms with Crippen LogP contribution >= 0.6 is 11.8 Å². The zero-order chi connectivity index (χ0) is 14.7. The summed E-state index contributed by atoms with van der Waals surface area (Å²) in [6, 6.07) is 7.86. The molecule has 0 bridgehead atoms. The van der Waals surface area contributed by atoms with Crippen LogP contribution in [0.25, 0.3) is 0 Å². The largest absolute Gasteiger partial charge is 0.339 e. The second kappa shape index (κ2) is 6.31. The summed E-state index contributed by atoms with van der Waals surface area (Å²) in [5.74, 6) is -0.249. The number of likely N-dealkylation sites (tertiary alicyclic amines) is 1. The Balaban J connectivity index is 2.04. The van der Waals surface area contributed by atoms with Gasteiger partial charge in [-0.2, -0.15) is 0 Å². The molecule has 1 aromatic carbocycles. The summed E-state index contributed by atoms with van der Waals surface area (Å²) in [5.41, 5.74) is 0.820. The third kappa shape index (κ3) is 3.15. The van der Waals surface area contributed by atoms with Crippen molar-refractivity contribution in [3.05, 3.63) is 24.3 Å². The van der Waals surface area contributed by atoms with Crippen molar-refractivity contribution in [2.24, 2.45) is 5.92 Å². The molecule has 1 N–H and O–H groups in total. The minimum atomic E-state index is -0.250. The summed E-state index contributed by atoms with van der Waals surface area (Å²) in [7, 11) is 0. The van der Waals surface area contributed by atoms with E-state index in [0.717, 1.165) is 10.6 Å². The fraction of sp³-hybridized carbons (Fsp3) is 0.467. The highest BCUT2D eigenvalue weighted by Crippen LogP contribution is 2.27. The van der Waals surface area contributed by atoms with Gasteiger partial charge < -0.3 is 10.2 Å². The second-order valence-electron chi connectivity index (χ2n) is 5.23. The van der Waals surface area contributed by atoms with Gasteiger partial charge in [0.05, 0.1) is 11.6 Å². The minimum absolute atomic E-state index is 0.0667. The van der Waals surface area contributed by atoms with E-state index in [9.17, 15) is 9.59 Å². The molecule has 1 heterocycles. The molecule has 5 heteroatoms. The third-order valence-electron chi connectivity index (χ3n) is 3.52. The Morgan fingerprint density at radius 1 is 1.40 bits per heavy atom. The average Bonchev–Trinajstić information content (AvgIpc) is 2.81. The van der Waals surface area contributed by atoms with Crippen LogP contribution in [0.3, 0.4) is 0 Å². The van der Waals surface area contributed by atoms with Crippen molar-refractivity contribution in [2.75, 3.05) is 18.1 Å². The van der Waals surface area contributed by atoms with Crippen LogP contribution < -0.4 is 5.32 Å². The highest BCUT2D eigenvalue weighted by molar-refractivity contribution is 7.98. The van der Waals surface area contributed by atoms with Crippen LogP contribution in [0.4, 0.5) is 5.69 Å². The maximum atomic E-state index is 12.3. The molecule has 1 atom stereocenters. The van der Waals surface area contributed by atoms with E-state index in [4.69, 9.17) is 0 Å². The Bertz CT molecular complexity index is 516. The van der Waals surface area contributed by atoms with Crippen LogP contribution in [-0.4, -0.2) is 35.6 Å². The maximum absolute atomic E-state index is 12.3. The molecule has 108 valence electrons. The molecule has 1 saturated heterocycles. The van der Waals surface area contributed by atoms with E-state index in [-0.39, 0.29) is 23.8 Å². The lowest BCUT2D eigenvalue weighted by Gasteiger charge is -2.20. The number of rotatable bonds is 4. The Labute approximate surface area is 123 Å². The van der Waals surface area contributed by atoms with E-state index >= 15 is 0 Å². The van der Waals surface area contributed by atoms with Gasteiger partial charge in [-0.1, -0.05) is 12.1 Å². The number of carbonyl (C=O) groups is 2. The van der Waals surface area contributed by atoms with E-state index in [2.05, 4.69) is 5.32 Å².